The van der Waals surface area contributed by atoms with Gasteiger partial charge in [0.05, 0.1) is 11.6 Å². The summed E-state index contributed by atoms with van der Waals surface area (Å²) in [5, 5.41) is 14.1. The molecule has 0 amide bonds. The Morgan fingerprint density at radius 1 is 1.24 bits per heavy atom. The van der Waals surface area contributed by atoms with E-state index in [2.05, 4.69) is 10.3 Å². The largest absolute Gasteiger partial charge is 0.489 e. The van der Waals surface area contributed by atoms with Gasteiger partial charge >= 0.3 is 5.69 Å². The number of anilines is 1. The van der Waals surface area contributed by atoms with E-state index in [4.69, 9.17) is 16.3 Å². The molecule has 3 rings (SSSR count). The molecule has 29 heavy (non-hydrogen) atoms. The molecule has 0 fully saturated rings. The van der Waals surface area contributed by atoms with Crippen molar-refractivity contribution in [3.05, 3.63) is 50.1 Å². The van der Waals surface area contributed by atoms with E-state index in [1.165, 1.54) is 11.6 Å². The third-order valence-electron chi connectivity index (χ3n) is 4.54. The van der Waals surface area contributed by atoms with Crippen LogP contribution in [0.5, 0.6) is 5.75 Å². The second-order valence-electron chi connectivity index (χ2n) is 6.75. The van der Waals surface area contributed by atoms with Gasteiger partial charge in [0.1, 0.15) is 18.5 Å². The maximum absolute atomic E-state index is 12.7. The molecule has 0 saturated carbocycles. The van der Waals surface area contributed by atoms with E-state index < -0.39 is 17.4 Å². The number of rotatable bonds is 8. The van der Waals surface area contributed by atoms with Gasteiger partial charge in [0.2, 0.25) is 5.95 Å². The van der Waals surface area contributed by atoms with Crippen molar-refractivity contribution in [3.63, 3.8) is 0 Å². The van der Waals surface area contributed by atoms with Gasteiger partial charge in [-0.05, 0) is 18.6 Å². The molecular weight excluding hydrogens is 398 g/mol. The molecule has 10 heteroatoms. The number of hydrogen-bond acceptors (Lipinski definition) is 6. The molecule has 0 saturated heterocycles. The van der Waals surface area contributed by atoms with Crippen molar-refractivity contribution in [3.8, 4) is 5.75 Å². The Labute approximate surface area is 172 Å². The van der Waals surface area contributed by atoms with Gasteiger partial charge in [-0.1, -0.05) is 30.7 Å². The second-order valence-corrected chi connectivity index (χ2v) is 7.15. The number of aromatic nitrogens is 4. The van der Waals surface area contributed by atoms with Crippen molar-refractivity contribution in [1.82, 2.24) is 18.7 Å². The molecule has 2 heterocycles. The van der Waals surface area contributed by atoms with Gasteiger partial charge in [-0.2, -0.15) is 4.98 Å². The fraction of sp³-hybridized carbons (Fsp3) is 0.421. The number of aryl methyl sites for hydroxylation is 1. The predicted molar refractivity (Wildman–Crippen MR) is 112 cm³/mol. The number of nitrogens with one attached hydrogen (secondary N) is 1. The van der Waals surface area contributed by atoms with Gasteiger partial charge in [-0.25, -0.2) is 4.79 Å². The number of aliphatic hydroxyl groups excluding tert-OH is 1. The van der Waals surface area contributed by atoms with E-state index >= 15 is 0 Å². The Bertz CT molecular complexity index is 1130. The summed E-state index contributed by atoms with van der Waals surface area (Å²) in [5.41, 5.74) is -0.433. The molecule has 0 aliphatic heterocycles. The van der Waals surface area contributed by atoms with Crippen LogP contribution in [-0.2, 0) is 20.6 Å². The van der Waals surface area contributed by atoms with Crippen molar-refractivity contribution in [2.75, 3.05) is 18.5 Å². The van der Waals surface area contributed by atoms with Crippen LogP contribution in [0, 0.1) is 0 Å². The fourth-order valence-electron chi connectivity index (χ4n) is 3.01. The summed E-state index contributed by atoms with van der Waals surface area (Å²) in [6.45, 7) is 2.66. The number of hydrogen-bond donors (Lipinski definition) is 2. The summed E-state index contributed by atoms with van der Waals surface area (Å²) in [6, 6.07) is 6.98. The summed E-state index contributed by atoms with van der Waals surface area (Å²) in [4.78, 5) is 29.4. The molecule has 0 bridgehead atoms. The SMILES string of the molecule is CCCNc1nc2c(c(=O)n(C)c(=O)n2C)n1CC(O)COc1ccccc1Cl. The summed E-state index contributed by atoms with van der Waals surface area (Å²) in [7, 11) is 2.97. The topological polar surface area (TPSA) is 103 Å². The quantitative estimate of drug-likeness (QED) is 0.569. The lowest BCUT2D eigenvalue weighted by atomic mass is 10.3. The lowest BCUT2D eigenvalue weighted by Gasteiger charge is -2.16. The fourth-order valence-corrected chi connectivity index (χ4v) is 3.20. The van der Waals surface area contributed by atoms with Crippen LogP contribution < -0.4 is 21.3 Å². The molecule has 2 N–H and O–H groups in total. The van der Waals surface area contributed by atoms with E-state index in [-0.39, 0.29) is 24.3 Å². The van der Waals surface area contributed by atoms with Crippen LogP contribution in [0.3, 0.4) is 0 Å². The molecule has 1 atom stereocenters. The molecule has 1 aromatic carbocycles. The first-order valence-corrected chi connectivity index (χ1v) is 9.68. The van der Waals surface area contributed by atoms with Crippen molar-refractivity contribution in [2.45, 2.75) is 26.0 Å². The number of ether oxygens (including phenoxy) is 1. The molecule has 2 aromatic heterocycles. The van der Waals surface area contributed by atoms with Crippen molar-refractivity contribution in [2.24, 2.45) is 14.1 Å². The molecule has 0 spiro atoms. The number of fused-ring (bicyclic) bond motifs is 1. The number of imidazole rings is 1. The van der Waals surface area contributed by atoms with E-state index in [9.17, 15) is 14.7 Å². The van der Waals surface area contributed by atoms with Crippen LogP contribution in [0.15, 0.2) is 33.9 Å². The monoisotopic (exact) mass is 421 g/mol. The summed E-state index contributed by atoms with van der Waals surface area (Å²) >= 11 is 6.07. The van der Waals surface area contributed by atoms with Crippen LogP contribution in [0.4, 0.5) is 5.95 Å². The van der Waals surface area contributed by atoms with Gasteiger partial charge in [0.15, 0.2) is 11.2 Å². The van der Waals surface area contributed by atoms with E-state index in [0.717, 1.165) is 11.0 Å². The zero-order valence-corrected chi connectivity index (χ0v) is 17.3. The van der Waals surface area contributed by atoms with Crippen molar-refractivity contribution < 1.29 is 9.84 Å². The zero-order valence-electron chi connectivity index (χ0n) is 16.6. The minimum atomic E-state index is -0.937. The minimum absolute atomic E-state index is 0.0251. The first-order valence-electron chi connectivity index (χ1n) is 9.30. The maximum atomic E-state index is 12.7. The predicted octanol–water partition coefficient (Wildman–Crippen LogP) is 1.35. The zero-order chi connectivity index (χ0) is 21.1. The number of aliphatic hydroxyl groups is 1. The molecular formula is C19H24ClN5O4. The highest BCUT2D eigenvalue weighted by Crippen LogP contribution is 2.23. The van der Waals surface area contributed by atoms with Gasteiger partial charge in [-0.15, -0.1) is 0 Å². The normalized spacial score (nSPS) is 12.3. The van der Waals surface area contributed by atoms with Crippen molar-refractivity contribution >= 4 is 28.7 Å². The Balaban J connectivity index is 1.95. The number of benzene rings is 1. The highest BCUT2D eigenvalue weighted by atomic mass is 35.5. The Kier molecular flexibility index (Phi) is 6.29. The van der Waals surface area contributed by atoms with Gasteiger partial charge < -0.3 is 19.7 Å². The molecule has 3 aromatic rings. The third kappa shape index (κ3) is 4.15. The van der Waals surface area contributed by atoms with Gasteiger partial charge in [0.25, 0.3) is 5.56 Å². The summed E-state index contributed by atoms with van der Waals surface area (Å²) in [5.74, 6) is 0.878. The van der Waals surface area contributed by atoms with Crippen LogP contribution in [0.1, 0.15) is 13.3 Å². The van der Waals surface area contributed by atoms with Crippen LogP contribution in [0.25, 0.3) is 11.2 Å². The average molecular weight is 422 g/mol. The summed E-state index contributed by atoms with van der Waals surface area (Å²) < 4.78 is 9.53. The molecule has 0 aliphatic carbocycles. The lowest BCUT2D eigenvalue weighted by Crippen LogP contribution is -2.38. The maximum Gasteiger partial charge on any atom is 0.332 e. The Morgan fingerprint density at radius 3 is 2.66 bits per heavy atom. The minimum Gasteiger partial charge on any atom is -0.489 e. The smallest absolute Gasteiger partial charge is 0.332 e. The van der Waals surface area contributed by atoms with Crippen LogP contribution in [0.2, 0.25) is 5.02 Å². The molecule has 1 unspecified atom stereocenters. The molecule has 0 aliphatic rings. The standard InChI is InChI=1S/C19H24ClN5O4/c1-4-9-21-18-22-16-15(17(27)24(3)19(28)23(16)2)25(18)10-12(26)11-29-14-8-6-5-7-13(14)20/h5-8,12,26H,4,9-11H2,1-3H3,(H,21,22). The van der Waals surface area contributed by atoms with E-state index in [1.54, 1.807) is 35.9 Å². The number of halogens is 1. The van der Waals surface area contributed by atoms with E-state index in [0.29, 0.717) is 23.3 Å². The first-order chi connectivity index (χ1) is 13.8. The second kappa shape index (κ2) is 8.71. The molecule has 156 valence electrons. The van der Waals surface area contributed by atoms with Gasteiger partial charge in [-0.3, -0.25) is 13.9 Å². The third-order valence-corrected chi connectivity index (χ3v) is 4.85. The van der Waals surface area contributed by atoms with Crippen molar-refractivity contribution in [1.29, 1.82) is 0 Å². The molecule has 0 radical (unpaired) electrons. The lowest BCUT2D eigenvalue weighted by molar-refractivity contribution is 0.0938. The van der Waals surface area contributed by atoms with E-state index in [1.807, 2.05) is 6.92 Å². The summed E-state index contributed by atoms with van der Waals surface area (Å²) in [6.07, 6.45) is -0.0917. The van der Waals surface area contributed by atoms with Crippen LogP contribution in [-0.4, -0.2) is 43.0 Å². The van der Waals surface area contributed by atoms with Crippen LogP contribution >= 0.6 is 11.6 Å². The highest BCUT2D eigenvalue weighted by molar-refractivity contribution is 6.32. The highest BCUT2D eigenvalue weighted by Gasteiger charge is 2.21. The number of nitrogens with zero attached hydrogens (tertiary/aromatic N) is 4. The number of para-hydroxylation sites is 1. The average Bonchev–Trinajstić information content (AvgIpc) is 3.06. The van der Waals surface area contributed by atoms with Gasteiger partial charge in [0, 0.05) is 20.6 Å². The first kappa shape index (κ1) is 20.9. The Morgan fingerprint density at radius 2 is 1.97 bits per heavy atom. The Hall–Kier alpha value is -2.78. The molecule has 9 nitrogen and oxygen atoms in total.